The van der Waals surface area contributed by atoms with Crippen molar-refractivity contribution in [3.05, 3.63) is 109 Å². The molecule has 0 fully saturated rings. The van der Waals surface area contributed by atoms with Crippen LogP contribution in [0.4, 0.5) is 8.78 Å². The van der Waals surface area contributed by atoms with Crippen molar-refractivity contribution in [1.29, 1.82) is 0 Å². The van der Waals surface area contributed by atoms with E-state index >= 15 is 0 Å². The number of rotatable bonds is 3. The zero-order valence-electron chi connectivity index (χ0n) is 14.0. The summed E-state index contributed by atoms with van der Waals surface area (Å²) in [5.41, 5.74) is 6.31. The Kier molecular flexibility index (Phi) is 4.32. The summed E-state index contributed by atoms with van der Waals surface area (Å²) in [6, 6.07) is 29.4. The molecule has 126 valence electrons. The summed E-state index contributed by atoms with van der Waals surface area (Å²) < 4.78 is 26.1. The Balaban J connectivity index is 1.57. The van der Waals surface area contributed by atoms with E-state index in [0.717, 1.165) is 33.4 Å². The molecule has 0 aliphatic carbocycles. The lowest BCUT2D eigenvalue weighted by Crippen LogP contribution is -1.83. The molecule has 0 spiro atoms. The summed E-state index contributed by atoms with van der Waals surface area (Å²) in [5, 5.41) is 0. The van der Waals surface area contributed by atoms with Crippen molar-refractivity contribution < 1.29 is 8.78 Å². The summed E-state index contributed by atoms with van der Waals surface area (Å²) in [4.78, 5) is 0. The molecule has 4 rings (SSSR count). The van der Waals surface area contributed by atoms with E-state index in [-0.39, 0.29) is 11.6 Å². The maximum atomic E-state index is 13.0. The minimum atomic E-state index is -0.230. The quantitative estimate of drug-likeness (QED) is 0.377. The van der Waals surface area contributed by atoms with Crippen molar-refractivity contribution in [3.63, 3.8) is 0 Å². The third-order valence-electron chi connectivity index (χ3n) is 4.46. The monoisotopic (exact) mass is 342 g/mol. The first-order valence-corrected chi connectivity index (χ1v) is 8.41. The fourth-order valence-electron chi connectivity index (χ4n) is 2.99. The van der Waals surface area contributed by atoms with Crippen LogP contribution in [0.2, 0.25) is 0 Å². The van der Waals surface area contributed by atoms with Crippen LogP contribution >= 0.6 is 0 Å². The molecule has 0 N–H and O–H groups in total. The third kappa shape index (κ3) is 3.40. The van der Waals surface area contributed by atoms with E-state index in [4.69, 9.17) is 0 Å². The molecule has 0 radical (unpaired) electrons. The molecular formula is C24H16F2. The van der Waals surface area contributed by atoms with E-state index in [2.05, 4.69) is 24.3 Å². The predicted octanol–water partition coefficient (Wildman–Crippen LogP) is 6.97. The average molecular weight is 342 g/mol. The van der Waals surface area contributed by atoms with Gasteiger partial charge in [-0.15, -0.1) is 0 Å². The Bertz CT molecular complexity index is 911. The largest absolute Gasteiger partial charge is 0.207 e. The molecule has 4 aromatic rings. The highest BCUT2D eigenvalue weighted by Gasteiger charge is 2.03. The average Bonchev–Trinajstić information content (AvgIpc) is 2.70. The molecule has 0 saturated heterocycles. The molecular weight excluding hydrogens is 326 g/mol. The Morgan fingerprint density at radius 3 is 0.615 bits per heavy atom. The molecule has 0 saturated carbocycles. The van der Waals surface area contributed by atoms with E-state index in [9.17, 15) is 8.78 Å². The molecule has 0 aliphatic heterocycles. The Morgan fingerprint density at radius 1 is 0.269 bits per heavy atom. The zero-order chi connectivity index (χ0) is 17.9. The van der Waals surface area contributed by atoms with Gasteiger partial charge < -0.3 is 0 Å². The summed E-state index contributed by atoms with van der Waals surface area (Å²) in [7, 11) is 0. The van der Waals surface area contributed by atoms with Crippen LogP contribution < -0.4 is 0 Å². The molecule has 0 heterocycles. The SMILES string of the molecule is Fc1ccc(-c2ccc(-c3ccc(-c4ccc(F)cc4)cc3)cc2)cc1. The number of hydrogen-bond donors (Lipinski definition) is 0. The summed E-state index contributed by atoms with van der Waals surface area (Å²) in [6.07, 6.45) is 0. The lowest BCUT2D eigenvalue weighted by atomic mass is 9.98. The second kappa shape index (κ2) is 6.93. The third-order valence-corrected chi connectivity index (χ3v) is 4.46. The first-order chi connectivity index (χ1) is 12.7. The molecule has 0 atom stereocenters. The highest BCUT2D eigenvalue weighted by molar-refractivity contribution is 5.73. The zero-order valence-corrected chi connectivity index (χ0v) is 14.0. The van der Waals surface area contributed by atoms with Crippen molar-refractivity contribution in [1.82, 2.24) is 0 Å². The van der Waals surface area contributed by atoms with Gasteiger partial charge in [-0.25, -0.2) is 8.78 Å². The summed E-state index contributed by atoms with van der Waals surface area (Å²) >= 11 is 0. The van der Waals surface area contributed by atoms with Crippen LogP contribution in [0, 0.1) is 11.6 Å². The Labute approximate surface area is 151 Å². The van der Waals surface area contributed by atoms with Crippen molar-refractivity contribution in [2.24, 2.45) is 0 Å². The van der Waals surface area contributed by atoms with Crippen LogP contribution in [0.25, 0.3) is 33.4 Å². The molecule has 0 amide bonds. The first-order valence-electron chi connectivity index (χ1n) is 8.41. The first kappa shape index (κ1) is 16.2. The van der Waals surface area contributed by atoms with Crippen LogP contribution in [-0.4, -0.2) is 0 Å². The second-order valence-electron chi connectivity index (χ2n) is 6.17. The normalized spacial score (nSPS) is 10.7. The lowest BCUT2D eigenvalue weighted by Gasteiger charge is -2.07. The predicted molar refractivity (Wildman–Crippen MR) is 103 cm³/mol. The Morgan fingerprint density at radius 2 is 0.423 bits per heavy atom. The standard InChI is InChI=1S/C24H16F2/c25-23-13-9-21(10-14-23)19-5-1-17(2-6-19)18-3-7-20(8-4-18)22-11-15-24(26)16-12-22/h1-16H. The van der Waals surface area contributed by atoms with Gasteiger partial charge in [0.1, 0.15) is 11.6 Å². The summed E-state index contributed by atoms with van der Waals surface area (Å²) in [6.45, 7) is 0. The van der Waals surface area contributed by atoms with E-state index in [1.165, 1.54) is 24.3 Å². The fraction of sp³-hybridized carbons (Fsp3) is 0. The van der Waals surface area contributed by atoms with Gasteiger partial charge in [0.2, 0.25) is 0 Å². The minimum Gasteiger partial charge on any atom is -0.207 e. The molecule has 0 bridgehead atoms. The fourth-order valence-corrected chi connectivity index (χ4v) is 2.99. The lowest BCUT2D eigenvalue weighted by molar-refractivity contribution is 0.627. The molecule has 0 unspecified atom stereocenters. The van der Waals surface area contributed by atoms with Crippen molar-refractivity contribution in [2.45, 2.75) is 0 Å². The van der Waals surface area contributed by atoms with Gasteiger partial charge in [0.25, 0.3) is 0 Å². The van der Waals surface area contributed by atoms with Crippen LogP contribution in [-0.2, 0) is 0 Å². The van der Waals surface area contributed by atoms with Crippen LogP contribution in [0.1, 0.15) is 0 Å². The maximum absolute atomic E-state index is 13.0. The topological polar surface area (TPSA) is 0 Å². The van der Waals surface area contributed by atoms with Gasteiger partial charge in [-0.2, -0.15) is 0 Å². The van der Waals surface area contributed by atoms with Crippen LogP contribution in [0.15, 0.2) is 97.1 Å². The molecule has 0 aliphatic rings. The van der Waals surface area contributed by atoms with Gasteiger partial charge >= 0.3 is 0 Å². The van der Waals surface area contributed by atoms with E-state index in [0.29, 0.717) is 0 Å². The molecule has 26 heavy (non-hydrogen) atoms. The van der Waals surface area contributed by atoms with Gasteiger partial charge in [-0.05, 0) is 57.6 Å². The minimum absolute atomic E-state index is 0.230. The van der Waals surface area contributed by atoms with E-state index in [1.54, 1.807) is 24.3 Å². The molecule has 2 heteroatoms. The molecule has 0 aromatic heterocycles. The van der Waals surface area contributed by atoms with Gasteiger partial charge in [0.15, 0.2) is 0 Å². The van der Waals surface area contributed by atoms with Gasteiger partial charge in [-0.3, -0.25) is 0 Å². The smallest absolute Gasteiger partial charge is 0.123 e. The van der Waals surface area contributed by atoms with Crippen LogP contribution in [0.5, 0.6) is 0 Å². The van der Waals surface area contributed by atoms with Crippen molar-refractivity contribution >= 4 is 0 Å². The van der Waals surface area contributed by atoms with Gasteiger partial charge in [-0.1, -0.05) is 72.8 Å². The maximum Gasteiger partial charge on any atom is 0.123 e. The second-order valence-corrected chi connectivity index (χ2v) is 6.17. The summed E-state index contributed by atoms with van der Waals surface area (Å²) in [5.74, 6) is -0.460. The highest BCUT2D eigenvalue weighted by atomic mass is 19.1. The highest BCUT2D eigenvalue weighted by Crippen LogP contribution is 2.27. The number of halogens is 2. The van der Waals surface area contributed by atoms with E-state index < -0.39 is 0 Å². The van der Waals surface area contributed by atoms with Gasteiger partial charge in [0, 0.05) is 0 Å². The van der Waals surface area contributed by atoms with Crippen molar-refractivity contribution in [2.75, 3.05) is 0 Å². The number of benzene rings is 4. The van der Waals surface area contributed by atoms with E-state index in [1.807, 2.05) is 24.3 Å². The Hall–Kier alpha value is -3.26. The van der Waals surface area contributed by atoms with Crippen LogP contribution in [0.3, 0.4) is 0 Å². The van der Waals surface area contributed by atoms with Crippen molar-refractivity contribution in [3.8, 4) is 33.4 Å². The molecule has 0 nitrogen and oxygen atoms in total. The number of hydrogen-bond acceptors (Lipinski definition) is 0. The molecule has 4 aromatic carbocycles. The van der Waals surface area contributed by atoms with Gasteiger partial charge in [0.05, 0.1) is 0 Å².